The summed E-state index contributed by atoms with van der Waals surface area (Å²) in [7, 11) is 0. The number of ether oxygens (including phenoxy) is 1. The molecule has 1 rings (SSSR count). The molecule has 0 aromatic rings. The van der Waals surface area contributed by atoms with Crippen LogP contribution in [0.4, 0.5) is 0 Å². The van der Waals surface area contributed by atoms with Gasteiger partial charge in [0, 0.05) is 0 Å². The van der Waals surface area contributed by atoms with Gasteiger partial charge >= 0.3 is 5.97 Å². The molecule has 70 valence electrons. The monoisotopic (exact) mass is 179 g/mol. The van der Waals surface area contributed by atoms with Gasteiger partial charge in [-0.05, 0) is 18.9 Å². The fourth-order valence-corrected chi connectivity index (χ4v) is 1.38. The molecule has 1 heterocycles. The van der Waals surface area contributed by atoms with E-state index in [-0.39, 0.29) is 24.4 Å². The van der Waals surface area contributed by atoms with Crippen molar-refractivity contribution >= 4 is 5.97 Å². The predicted octanol–water partition coefficient (Wildman–Crippen LogP) is 1.80. The summed E-state index contributed by atoms with van der Waals surface area (Å²) in [5, 5.41) is 8.48. The van der Waals surface area contributed by atoms with E-state index >= 15 is 0 Å². The molecule has 0 saturated heterocycles. The number of hydrogen-bond acceptors (Lipinski definition) is 3. The van der Waals surface area contributed by atoms with E-state index in [0.29, 0.717) is 0 Å². The Kier molecular flexibility index (Phi) is 3.07. The van der Waals surface area contributed by atoms with Gasteiger partial charge in [0.15, 0.2) is 0 Å². The van der Waals surface area contributed by atoms with Gasteiger partial charge in [0.05, 0.1) is 18.4 Å². The number of carbonyl (C=O) groups is 1. The quantitative estimate of drug-likeness (QED) is 0.479. The maximum absolute atomic E-state index is 11.3. The highest BCUT2D eigenvalue weighted by atomic mass is 16.5. The van der Waals surface area contributed by atoms with E-state index in [1.807, 2.05) is 26.0 Å². The first-order valence-corrected chi connectivity index (χ1v) is 4.44. The first-order chi connectivity index (χ1) is 6.19. The highest BCUT2D eigenvalue weighted by molar-refractivity contribution is 5.76. The van der Waals surface area contributed by atoms with Crippen LogP contribution in [0, 0.1) is 17.2 Å². The third-order valence-corrected chi connectivity index (χ3v) is 2.25. The third kappa shape index (κ3) is 2.09. The second-order valence-electron chi connectivity index (χ2n) is 3.21. The van der Waals surface area contributed by atoms with Gasteiger partial charge in [-0.15, -0.1) is 0 Å². The molecule has 0 amide bonds. The molecular weight excluding hydrogens is 166 g/mol. The van der Waals surface area contributed by atoms with Crippen LogP contribution in [0.3, 0.4) is 0 Å². The summed E-state index contributed by atoms with van der Waals surface area (Å²) in [6.07, 6.45) is 2.61. The van der Waals surface area contributed by atoms with Gasteiger partial charge in [-0.2, -0.15) is 5.26 Å². The zero-order valence-corrected chi connectivity index (χ0v) is 7.91. The van der Waals surface area contributed by atoms with Crippen molar-refractivity contribution in [3.8, 4) is 6.07 Å². The second-order valence-corrected chi connectivity index (χ2v) is 3.21. The van der Waals surface area contributed by atoms with Crippen LogP contribution in [0.25, 0.3) is 0 Å². The summed E-state index contributed by atoms with van der Waals surface area (Å²) < 4.78 is 5.11. The fourth-order valence-electron chi connectivity index (χ4n) is 1.38. The van der Waals surface area contributed by atoms with Gasteiger partial charge in [0.25, 0.3) is 0 Å². The van der Waals surface area contributed by atoms with Crippen LogP contribution < -0.4 is 0 Å². The van der Waals surface area contributed by atoms with Gasteiger partial charge in [0.2, 0.25) is 0 Å². The number of esters is 1. The zero-order chi connectivity index (χ0) is 9.84. The molecule has 0 saturated carbocycles. The summed E-state index contributed by atoms with van der Waals surface area (Å²) in [5.41, 5.74) is 0.994. The van der Waals surface area contributed by atoms with Crippen molar-refractivity contribution in [2.45, 2.75) is 32.8 Å². The molecule has 0 aliphatic carbocycles. The first kappa shape index (κ1) is 9.79. The van der Waals surface area contributed by atoms with Crippen LogP contribution in [-0.4, -0.2) is 12.1 Å². The summed E-state index contributed by atoms with van der Waals surface area (Å²) >= 11 is 0. The van der Waals surface area contributed by atoms with Crippen molar-refractivity contribution in [3.05, 3.63) is 11.6 Å². The Hall–Kier alpha value is -1.30. The molecule has 1 aliphatic rings. The standard InChI is InChI=1S/C10H13NO2/c1-3-8-6-7(2)9(4-5-11)13-10(8)12/h6,8-9H,3-4H2,1-2H3/t8-,9+/m1/s1. The maximum Gasteiger partial charge on any atom is 0.313 e. The summed E-state index contributed by atoms with van der Waals surface area (Å²) in [5.74, 6) is -0.316. The molecule has 0 spiro atoms. The number of nitriles is 1. The normalized spacial score (nSPS) is 27.5. The lowest BCUT2D eigenvalue weighted by Gasteiger charge is -2.24. The minimum atomic E-state index is -0.319. The molecule has 0 unspecified atom stereocenters. The van der Waals surface area contributed by atoms with E-state index in [2.05, 4.69) is 0 Å². The Morgan fingerprint density at radius 1 is 1.69 bits per heavy atom. The lowest BCUT2D eigenvalue weighted by molar-refractivity contribution is -0.152. The highest BCUT2D eigenvalue weighted by Gasteiger charge is 2.27. The Morgan fingerprint density at radius 3 is 2.92 bits per heavy atom. The van der Waals surface area contributed by atoms with Crippen molar-refractivity contribution in [1.82, 2.24) is 0 Å². The largest absolute Gasteiger partial charge is 0.456 e. The van der Waals surface area contributed by atoms with E-state index in [1.54, 1.807) is 0 Å². The molecule has 0 N–H and O–H groups in total. The topological polar surface area (TPSA) is 50.1 Å². The molecule has 0 bridgehead atoms. The minimum Gasteiger partial charge on any atom is -0.456 e. The Morgan fingerprint density at radius 2 is 2.38 bits per heavy atom. The Bertz CT molecular complexity index is 275. The van der Waals surface area contributed by atoms with E-state index in [0.717, 1.165) is 12.0 Å². The Balaban J connectivity index is 2.76. The van der Waals surface area contributed by atoms with E-state index in [4.69, 9.17) is 10.00 Å². The van der Waals surface area contributed by atoms with Crippen LogP contribution in [0.15, 0.2) is 11.6 Å². The zero-order valence-electron chi connectivity index (χ0n) is 7.91. The van der Waals surface area contributed by atoms with Crippen LogP contribution in [0.2, 0.25) is 0 Å². The average molecular weight is 179 g/mol. The van der Waals surface area contributed by atoms with Crippen molar-refractivity contribution in [3.63, 3.8) is 0 Å². The number of rotatable bonds is 2. The SMILES string of the molecule is CC[C@@H]1C=C(C)[C@H](CC#N)OC1=O. The van der Waals surface area contributed by atoms with E-state index < -0.39 is 0 Å². The van der Waals surface area contributed by atoms with Crippen molar-refractivity contribution < 1.29 is 9.53 Å². The van der Waals surface area contributed by atoms with Crippen LogP contribution in [-0.2, 0) is 9.53 Å². The number of nitrogens with zero attached hydrogens (tertiary/aromatic N) is 1. The molecular formula is C10H13NO2. The molecule has 0 radical (unpaired) electrons. The van der Waals surface area contributed by atoms with Crippen LogP contribution in [0.1, 0.15) is 26.7 Å². The fraction of sp³-hybridized carbons (Fsp3) is 0.600. The van der Waals surface area contributed by atoms with E-state index in [1.165, 1.54) is 0 Å². The van der Waals surface area contributed by atoms with Crippen molar-refractivity contribution in [2.75, 3.05) is 0 Å². The number of carbonyl (C=O) groups excluding carboxylic acids is 1. The second kappa shape index (κ2) is 4.08. The van der Waals surface area contributed by atoms with Gasteiger partial charge in [-0.25, -0.2) is 0 Å². The third-order valence-electron chi connectivity index (χ3n) is 2.25. The lowest BCUT2D eigenvalue weighted by Crippen LogP contribution is -2.29. The number of cyclic esters (lactones) is 1. The molecule has 3 nitrogen and oxygen atoms in total. The molecule has 13 heavy (non-hydrogen) atoms. The minimum absolute atomic E-state index is 0.116. The molecule has 3 heteroatoms. The van der Waals surface area contributed by atoms with E-state index in [9.17, 15) is 4.79 Å². The maximum atomic E-state index is 11.3. The van der Waals surface area contributed by atoms with Gasteiger partial charge in [-0.1, -0.05) is 13.0 Å². The van der Waals surface area contributed by atoms with Crippen molar-refractivity contribution in [1.29, 1.82) is 5.26 Å². The molecule has 0 fully saturated rings. The average Bonchev–Trinajstić information content (AvgIpc) is 2.11. The number of hydrogen-bond donors (Lipinski definition) is 0. The van der Waals surface area contributed by atoms with Gasteiger partial charge in [0.1, 0.15) is 6.10 Å². The predicted molar refractivity (Wildman–Crippen MR) is 47.6 cm³/mol. The summed E-state index contributed by atoms with van der Waals surface area (Å²) in [6.45, 7) is 3.84. The first-order valence-electron chi connectivity index (χ1n) is 4.44. The van der Waals surface area contributed by atoms with Gasteiger partial charge < -0.3 is 4.74 Å². The van der Waals surface area contributed by atoms with Crippen LogP contribution in [0.5, 0.6) is 0 Å². The smallest absolute Gasteiger partial charge is 0.313 e. The molecule has 0 aromatic carbocycles. The lowest BCUT2D eigenvalue weighted by atomic mass is 9.96. The summed E-state index contributed by atoms with van der Waals surface area (Å²) in [4.78, 5) is 11.3. The molecule has 1 aliphatic heterocycles. The van der Waals surface area contributed by atoms with Crippen LogP contribution >= 0.6 is 0 Å². The molecule has 2 atom stereocenters. The Labute approximate surface area is 78.0 Å². The van der Waals surface area contributed by atoms with Gasteiger partial charge in [-0.3, -0.25) is 4.79 Å². The van der Waals surface area contributed by atoms with Crippen molar-refractivity contribution in [2.24, 2.45) is 5.92 Å². The summed E-state index contributed by atoms with van der Waals surface area (Å²) in [6, 6.07) is 2.00. The highest BCUT2D eigenvalue weighted by Crippen LogP contribution is 2.23. The molecule has 0 aromatic heterocycles.